The first-order valence-corrected chi connectivity index (χ1v) is 7.63. The topological polar surface area (TPSA) is 75.4 Å². The Morgan fingerprint density at radius 3 is 2.83 bits per heavy atom. The Kier molecular flexibility index (Phi) is 7.75. The number of halogens is 3. The molecule has 8 heteroatoms. The summed E-state index contributed by atoms with van der Waals surface area (Å²) in [6.45, 7) is 1.59. The number of nitrogens with two attached hydrogens (primary N) is 1. The van der Waals surface area contributed by atoms with Gasteiger partial charge in [0.1, 0.15) is 5.82 Å². The maximum Gasteiger partial charge on any atom is 0.256 e. The lowest BCUT2D eigenvalue weighted by Crippen LogP contribution is -2.46. The summed E-state index contributed by atoms with van der Waals surface area (Å²) in [7, 11) is 0. The van der Waals surface area contributed by atoms with E-state index in [9.17, 15) is 14.0 Å². The van der Waals surface area contributed by atoms with Gasteiger partial charge in [-0.2, -0.15) is 0 Å². The fraction of sp³-hybridized carbons (Fsp3) is 0.467. The molecule has 3 N–H and O–H groups in total. The Morgan fingerprint density at radius 1 is 1.43 bits per heavy atom. The van der Waals surface area contributed by atoms with E-state index >= 15 is 0 Å². The predicted molar refractivity (Wildman–Crippen MR) is 89.3 cm³/mol. The van der Waals surface area contributed by atoms with E-state index in [1.165, 1.54) is 17.0 Å². The van der Waals surface area contributed by atoms with Crippen LogP contribution in [0.3, 0.4) is 0 Å². The van der Waals surface area contributed by atoms with Crippen LogP contribution in [0.4, 0.5) is 4.39 Å². The van der Waals surface area contributed by atoms with Crippen molar-refractivity contribution < 1.29 is 14.0 Å². The Labute approximate surface area is 145 Å². The summed E-state index contributed by atoms with van der Waals surface area (Å²) < 4.78 is 13.9. The molecule has 5 nitrogen and oxygen atoms in total. The number of carbonyl (C=O) groups excluding carboxylic acids is 2. The van der Waals surface area contributed by atoms with Crippen molar-refractivity contribution in [3.05, 3.63) is 34.6 Å². The van der Waals surface area contributed by atoms with Gasteiger partial charge in [-0.3, -0.25) is 9.59 Å². The number of hydrogen-bond donors (Lipinski definition) is 2. The van der Waals surface area contributed by atoms with Gasteiger partial charge >= 0.3 is 0 Å². The summed E-state index contributed by atoms with van der Waals surface area (Å²) in [5.41, 5.74) is 5.33. The first-order valence-electron chi connectivity index (χ1n) is 7.25. The van der Waals surface area contributed by atoms with Crippen LogP contribution < -0.4 is 11.1 Å². The van der Waals surface area contributed by atoms with Gasteiger partial charge in [-0.25, -0.2) is 4.39 Å². The molecule has 2 amide bonds. The second-order valence-corrected chi connectivity index (χ2v) is 5.73. The quantitative estimate of drug-likeness (QED) is 0.856. The normalized spacial score (nSPS) is 17.3. The number of amides is 2. The molecule has 1 saturated heterocycles. The molecule has 23 heavy (non-hydrogen) atoms. The van der Waals surface area contributed by atoms with Gasteiger partial charge in [0.2, 0.25) is 5.91 Å². The van der Waals surface area contributed by atoms with Gasteiger partial charge in [0.25, 0.3) is 5.91 Å². The van der Waals surface area contributed by atoms with Crippen molar-refractivity contribution in [2.45, 2.75) is 12.8 Å². The molecule has 1 aliphatic heterocycles. The third kappa shape index (κ3) is 5.06. The number of carbonyl (C=O) groups is 2. The van der Waals surface area contributed by atoms with E-state index in [-0.39, 0.29) is 41.4 Å². The number of piperidine rings is 1. The molecule has 128 valence electrons. The SMILES string of the molecule is Cl.NCCNC(=O)C1CCCN(C(=O)c2ccc(Cl)cc2F)C1. The molecule has 1 fully saturated rings. The molecular weight excluding hydrogens is 344 g/mol. The Hall–Kier alpha value is -1.37. The molecule has 0 radical (unpaired) electrons. The average Bonchev–Trinajstić information content (AvgIpc) is 2.52. The summed E-state index contributed by atoms with van der Waals surface area (Å²) in [6, 6.07) is 3.97. The second-order valence-electron chi connectivity index (χ2n) is 5.29. The van der Waals surface area contributed by atoms with Crippen LogP contribution in [-0.2, 0) is 4.79 Å². The minimum atomic E-state index is -0.646. The van der Waals surface area contributed by atoms with Crippen molar-refractivity contribution in [1.82, 2.24) is 10.2 Å². The lowest BCUT2D eigenvalue weighted by atomic mass is 9.96. The van der Waals surface area contributed by atoms with Crippen LogP contribution in [0.5, 0.6) is 0 Å². The van der Waals surface area contributed by atoms with Gasteiger partial charge in [0.15, 0.2) is 0 Å². The Bertz CT molecular complexity index is 572. The zero-order chi connectivity index (χ0) is 16.1. The highest BCUT2D eigenvalue weighted by Gasteiger charge is 2.29. The van der Waals surface area contributed by atoms with E-state index in [1.807, 2.05) is 0 Å². The summed E-state index contributed by atoms with van der Waals surface area (Å²) in [4.78, 5) is 25.9. The number of benzene rings is 1. The minimum absolute atomic E-state index is 0. The van der Waals surface area contributed by atoms with Crippen molar-refractivity contribution in [3.63, 3.8) is 0 Å². The van der Waals surface area contributed by atoms with E-state index in [0.29, 0.717) is 32.5 Å². The highest BCUT2D eigenvalue weighted by molar-refractivity contribution is 6.30. The smallest absolute Gasteiger partial charge is 0.256 e. The first-order chi connectivity index (χ1) is 10.5. The highest BCUT2D eigenvalue weighted by atomic mass is 35.5. The third-order valence-electron chi connectivity index (χ3n) is 3.68. The van der Waals surface area contributed by atoms with Crippen LogP contribution in [0.25, 0.3) is 0 Å². The fourth-order valence-electron chi connectivity index (χ4n) is 2.55. The molecule has 2 rings (SSSR count). The molecule has 0 saturated carbocycles. The molecule has 1 aromatic carbocycles. The van der Waals surface area contributed by atoms with Crippen LogP contribution in [-0.4, -0.2) is 42.9 Å². The lowest BCUT2D eigenvalue weighted by Gasteiger charge is -2.32. The summed E-state index contributed by atoms with van der Waals surface area (Å²) in [5, 5.41) is 2.97. The number of likely N-dealkylation sites (tertiary alicyclic amines) is 1. The molecular formula is C15H20Cl2FN3O2. The van der Waals surface area contributed by atoms with E-state index in [1.54, 1.807) is 0 Å². The van der Waals surface area contributed by atoms with Crippen molar-refractivity contribution in [2.75, 3.05) is 26.2 Å². The summed E-state index contributed by atoms with van der Waals surface area (Å²) in [5.74, 6) is -1.45. The van der Waals surface area contributed by atoms with Crippen molar-refractivity contribution in [3.8, 4) is 0 Å². The Balaban J connectivity index is 0.00000264. The third-order valence-corrected chi connectivity index (χ3v) is 3.92. The van der Waals surface area contributed by atoms with E-state index < -0.39 is 11.7 Å². The molecule has 1 atom stereocenters. The van der Waals surface area contributed by atoms with Gasteiger partial charge in [0, 0.05) is 31.2 Å². The maximum absolute atomic E-state index is 13.9. The van der Waals surface area contributed by atoms with E-state index in [4.69, 9.17) is 17.3 Å². The molecule has 0 bridgehead atoms. The Morgan fingerprint density at radius 2 is 2.17 bits per heavy atom. The van der Waals surface area contributed by atoms with Crippen LogP contribution >= 0.6 is 24.0 Å². The highest BCUT2D eigenvalue weighted by Crippen LogP contribution is 2.21. The lowest BCUT2D eigenvalue weighted by molar-refractivity contribution is -0.126. The molecule has 0 aromatic heterocycles. The fourth-order valence-corrected chi connectivity index (χ4v) is 2.71. The number of nitrogens with one attached hydrogen (secondary N) is 1. The number of nitrogens with zero attached hydrogens (tertiary/aromatic N) is 1. The van der Waals surface area contributed by atoms with Crippen molar-refractivity contribution in [2.24, 2.45) is 11.7 Å². The molecule has 0 spiro atoms. The van der Waals surface area contributed by atoms with Gasteiger partial charge in [-0.05, 0) is 31.0 Å². The van der Waals surface area contributed by atoms with Gasteiger partial charge in [-0.15, -0.1) is 12.4 Å². The largest absolute Gasteiger partial charge is 0.355 e. The van der Waals surface area contributed by atoms with Gasteiger partial charge in [-0.1, -0.05) is 11.6 Å². The van der Waals surface area contributed by atoms with Gasteiger partial charge in [0.05, 0.1) is 11.5 Å². The first kappa shape index (κ1) is 19.7. The molecule has 1 unspecified atom stereocenters. The minimum Gasteiger partial charge on any atom is -0.355 e. The zero-order valence-electron chi connectivity index (χ0n) is 12.6. The van der Waals surface area contributed by atoms with Crippen molar-refractivity contribution in [1.29, 1.82) is 0 Å². The molecule has 1 heterocycles. The van der Waals surface area contributed by atoms with Crippen LogP contribution in [0.2, 0.25) is 5.02 Å². The zero-order valence-corrected chi connectivity index (χ0v) is 14.1. The molecule has 1 aliphatic rings. The van der Waals surface area contributed by atoms with Crippen LogP contribution in [0, 0.1) is 11.7 Å². The monoisotopic (exact) mass is 363 g/mol. The summed E-state index contributed by atoms with van der Waals surface area (Å²) >= 11 is 5.69. The van der Waals surface area contributed by atoms with E-state index in [0.717, 1.165) is 6.07 Å². The van der Waals surface area contributed by atoms with Crippen LogP contribution in [0.15, 0.2) is 18.2 Å². The van der Waals surface area contributed by atoms with Gasteiger partial charge < -0.3 is 16.0 Å². The maximum atomic E-state index is 13.9. The molecule has 1 aromatic rings. The van der Waals surface area contributed by atoms with E-state index in [2.05, 4.69) is 5.32 Å². The summed E-state index contributed by atoms with van der Waals surface area (Å²) in [6.07, 6.45) is 1.42. The standard InChI is InChI=1S/C15H19ClFN3O2.ClH/c16-11-3-4-12(13(17)8-11)15(22)20-7-1-2-10(9-20)14(21)19-6-5-18;/h3-4,8,10H,1-2,5-7,9,18H2,(H,19,21);1H. The predicted octanol–water partition coefficient (Wildman–Crippen LogP) is 1.83. The molecule has 0 aliphatic carbocycles. The van der Waals surface area contributed by atoms with Crippen LogP contribution in [0.1, 0.15) is 23.2 Å². The second kappa shape index (κ2) is 9.05. The average molecular weight is 364 g/mol. The van der Waals surface area contributed by atoms with Crippen molar-refractivity contribution >= 4 is 35.8 Å². The number of hydrogen-bond acceptors (Lipinski definition) is 3. The number of rotatable bonds is 4.